The smallest absolute Gasteiger partial charge is 0.166 e. The Morgan fingerprint density at radius 3 is 3.19 bits per heavy atom. The number of rotatable bonds is 1. The van der Waals surface area contributed by atoms with Gasteiger partial charge in [0.15, 0.2) is 17.3 Å². The van der Waals surface area contributed by atoms with Gasteiger partial charge in [-0.05, 0) is 34.5 Å². The molecule has 2 unspecified atom stereocenters. The lowest BCUT2D eigenvalue weighted by atomic mass is 9.69. The Kier molecular flexibility index (Phi) is 2.76. The summed E-state index contributed by atoms with van der Waals surface area (Å²) in [4.78, 5) is 16.3. The van der Waals surface area contributed by atoms with Crippen LogP contribution in [0.5, 0.6) is 11.5 Å². The van der Waals surface area contributed by atoms with Gasteiger partial charge in [-0.25, -0.2) is 0 Å². The summed E-state index contributed by atoms with van der Waals surface area (Å²) in [5.74, 6) is 1.57. The maximum atomic E-state index is 11.8. The van der Waals surface area contributed by atoms with E-state index in [9.17, 15) is 4.79 Å². The van der Waals surface area contributed by atoms with Crippen molar-refractivity contribution in [3.8, 4) is 11.5 Å². The molecule has 0 amide bonds. The lowest BCUT2D eigenvalue weighted by Crippen LogP contribution is -2.41. The first-order valence-electron chi connectivity index (χ1n) is 6.95. The molecule has 0 saturated carbocycles. The summed E-state index contributed by atoms with van der Waals surface area (Å²) in [6, 6.07) is 1.90. The third-order valence-corrected chi connectivity index (χ3v) is 5.24. The summed E-state index contributed by atoms with van der Waals surface area (Å²) in [5, 5.41) is 0. The molecule has 5 heteroatoms. The Morgan fingerprint density at radius 2 is 2.38 bits per heavy atom. The summed E-state index contributed by atoms with van der Waals surface area (Å²) in [6.07, 6.45) is 6.70. The van der Waals surface area contributed by atoms with E-state index >= 15 is 0 Å². The Morgan fingerprint density at radius 1 is 1.52 bits per heavy atom. The Hall–Kier alpha value is -1.62. The minimum absolute atomic E-state index is 0.114. The van der Waals surface area contributed by atoms with Crippen molar-refractivity contribution in [3.63, 3.8) is 0 Å². The third-order valence-electron chi connectivity index (χ3n) is 4.58. The van der Waals surface area contributed by atoms with Gasteiger partial charge in [0, 0.05) is 34.8 Å². The topological polar surface area (TPSA) is 47.9 Å². The minimum Gasteiger partial charge on any atom is -0.493 e. The van der Waals surface area contributed by atoms with Crippen LogP contribution in [-0.4, -0.2) is 31.8 Å². The summed E-state index contributed by atoms with van der Waals surface area (Å²) >= 11 is 3.61. The van der Waals surface area contributed by atoms with E-state index in [-0.39, 0.29) is 17.3 Å². The van der Waals surface area contributed by atoms with Crippen molar-refractivity contribution in [1.29, 1.82) is 0 Å². The van der Waals surface area contributed by atoms with E-state index < -0.39 is 0 Å². The molecule has 1 aliphatic carbocycles. The molecule has 1 spiro atoms. The van der Waals surface area contributed by atoms with Crippen LogP contribution in [0, 0.1) is 0 Å². The van der Waals surface area contributed by atoms with Gasteiger partial charge in [-0.15, -0.1) is 0 Å². The molecule has 3 aliphatic rings. The van der Waals surface area contributed by atoms with E-state index in [0.29, 0.717) is 12.2 Å². The maximum absolute atomic E-state index is 11.8. The number of hydrogen-bond donors (Lipinski definition) is 0. The number of nitrogens with zero attached hydrogens (tertiary/aromatic N) is 1. The molecule has 1 aromatic rings. The second-order valence-corrected chi connectivity index (χ2v) is 6.47. The van der Waals surface area contributed by atoms with Gasteiger partial charge in [0.2, 0.25) is 0 Å². The lowest BCUT2D eigenvalue weighted by molar-refractivity contribution is -0.117. The van der Waals surface area contributed by atoms with Crippen molar-refractivity contribution in [2.75, 3.05) is 13.7 Å². The van der Waals surface area contributed by atoms with Crippen molar-refractivity contribution in [1.82, 2.24) is 0 Å². The molecular weight excluding hydrogens is 334 g/mol. The number of carbonyl (C=O) groups excluding carboxylic acids is 1. The van der Waals surface area contributed by atoms with Gasteiger partial charge < -0.3 is 9.47 Å². The zero-order valence-electron chi connectivity index (χ0n) is 11.6. The fourth-order valence-electron chi connectivity index (χ4n) is 3.57. The Bertz CT molecular complexity index is 710. The van der Waals surface area contributed by atoms with E-state index in [2.05, 4.69) is 20.9 Å². The fraction of sp³-hybridized carbons (Fsp3) is 0.375. The number of benzene rings is 1. The fourth-order valence-corrected chi connectivity index (χ4v) is 4.08. The van der Waals surface area contributed by atoms with Crippen LogP contribution in [0.15, 0.2) is 27.7 Å². The van der Waals surface area contributed by atoms with Crippen LogP contribution < -0.4 is 9.47 Å². The number of methoxy groups -OCH3 is 1. The standard InChI is InChI=1S/C16H14BrNO3/c1-20-12-7-11(17)10-8-18-5-4-16-3-2-9(19)6-13(16)21-15(12)14(10)16/h2-3,7-8,13H,4-6H2,1H3. The first-order chi connectivity index (χ1) is 10.2. The molecule has 2 heterocycles. The average molecular weight is 348 g/mol. The molecule has 0 saturated heterocycles. The second kappa shape index (κ2) is 4.44. The molecular formula is C16H14BrNO3. The number of halogens is 1. The van der Waals surface area contributed by atoms with Crippen molar-refractivity contribution >= 4 is 27.9 Å². The van der Waals surface area contributed by atoms with E-state index in [1.807, 2.05) is 18.4 Å². The molecule has 0 fully saturated rings. The molecule has 0 N–H and O–H groups in total. The highest BCUT2D eigenvalue weighted by Crippen LogP contribution is 2.55. The normalized spacial score (nSPS) is 28.7. The number of aliphatic imine (C=N–C) groups is 1. The summed E-state index contributed by atoms with van der Waals surface area (Å²) < 4.78 is 12.6. The molecule has 108 valence electrons. The average Bonchev–Trinajstić information content (AvgIpc) is 2.67. The molecule has 1 aromatic carbocycles. The lowest BCUT2D eigenvalue weighted by Gasteiger charge is -2.33. The highest BCUT2D eigenvalue weighted by molar-refractivity contribution is 9.10. The first kappa shape index (κ1) is 13.1. The molecule has 0 bridgehead atoms. The van der Waals surface area contributed by atoms with Gasteiger partial charge in [0.25, 0.3) is 0 Å². The highest BCUT2D eigenvalue weighted by atomic mass is 79.9. The monoisotopic (exact) mass is 347 g/mol. The van der Waals surface area contributed by atoms with Gasteiger partial charge in [-0.3, -0.25) is 9.79 Å². The molecule has 2 atom stereocenters. The van der Waals surface area contributed by atoms with E-state index in [1.54, 1.807) is 13.2 Å². The Labute approximate surface area is 131 Å². The quantitative estimate of drug-likeness (QED) is 0.784. The van der Waals surface area contributed by atoms with Crippen LogP contribution in [0.1, 0.15) is 24.0 Å². The summed E-state index contributed by atoms with van der Waals surface area (Å²) in [7, 11) is 1.63. The van der Waals surface area contributed by atoms with Gasteiger partial charge in [-0.2, -0.15) is 0 Å². The zero-order chi connectivity index (χ0) is 14.6. The molecule has 4 nitrogen and oxygen atoms in total. The van der Waals surface area contributed by atoms with Gasteiger partial charge >= 0.3 is 0 Å². The zero-order valence-corrected chi connectivity index (χ0v) is 13.1. The predicted molar refractivity (Wildman–Crippen MR) is 82.6 cm³/mol. The predicted octanol–water partition coefficient (Wildman–Crippen LogP) is 2.81. The molecule has 21 heavy (non-hydrogen) atoms. The van der Waals surface area contributed by atoms with Crippen LogP contribution in [0.2, 0.25) is 0 Å². The molecule has 2 aliphatic heterocycles. The number of allylic oxidation sites excluding steroid dienone is 1. The van der Waals surface area contributed by atoms with Crippen molar-refractivity contribution < 1.29 is 14.3 Å². The van der Waals surface area contributed by atoms with Crippen molar-refractivity contribution in [3.05, 3.63) is 33.8 Å². The largest absolute Gasteiger partial charge is 0.493 e. The number of ether oxygens (including phenoxy) is 2. The highest BCUT2D eigenvalue weighted by Gasteiger charge is 2.52. The van der Waals surface area contributed by atoms with E-state index in [4.69, 9.17) is 9.47 Å². The Balaban J connectivity index is 2.05. The third kappa shape index (κ3) is 1.67. The summed E-state index contributed by atoms with van der Waals surface area (Å²) in [6.45, 7) is 0.723. The molecule has 0 radical (unpaired) electrons. The number of ketones is 1. The van der Waals surface area contributed by atoms with Crippen LogP contribution in [0.4, 0.5) is 0 Å². The van der Waals surface area contributed by atoms with Gasteiger partial charge in [0.05, 0.1) is 12.5 Å². The van der Waals surface area contributed by atoms with Crippen LogP contribution in [-0.2, 0) is 10.2 Å². The molecule has 0 aromatic heterocycles. The number of hydrogen-bond acceptors (Lipinski definition) is 4. The van der Waals surface area contributed by atoms with Gasteiger partial charge in [0.1, 0.15) is 6.10 Å². The maximum Gasteiger partial charge on any atom is 0.166 e. The summed E-state index contributed by atoms with van der Waals surface area (Å²) in [5.41, 5.74) is 1.86. The van der Waals surface area contributed by atoms with Gasteiger partial charge in [-0.1, -0.05) is 6.08 Å². The van der Waals surface area contributed by atoms with Crippen LogP contribution in [0.25, 0.3) is 0 Å². The van der Waals surface area contributed by atoms with E-state index in [1.165, 1.54) is 0 Å². The van der Waals surface area contributed by atoms with E-state index in [0.717, 1.165) is 34.3 Å². The minimum atomic E-state index is -0.272. The van der Waals surface area contributed by atoms with Crippen molar-refractivity contribution in [2.45, 2.75) is 24.4 Å². The molecule has 4 rings (SSSR count). The van der Waals surface area contributed by atoms with Crippen LogP contribution in [0.3, 0.4) is 0 Å². The van der Waals surface area contributed by atoms with Crippen LogP contribution >= 0.6 is 15.9 Å². The SMILES string of the molecule is COc1cc(Br)c2c3c1OC1CC(=O)C=CC31CCN=C2. The first-order valence-corrected chi connectivity index (χ1v) is 7.74. The second-order valence-electron chi connectivity index (χ2n) is 5.61. The van der Waals surface area contributed by atoms with Crippen molar-refractivity contribution in [2.24, 2.45) is 4.99 Å². The number of carbonyl (C=O) groups is 1.